The van der Waals surface area contributed by atoms with Crippen LogP contribution in [-0.4, -0.2) is 4.57 Å². The van der Waals surface area contributed by atoms with Crippen molar-refractivity contribution in [3.8, 4) is 5.69 Å². The van der Waals surface area contributed by atoms with Crippen molar-refractivity contribution in [3.63, 3.8) is 0 Å². The van der Waals surface area contributed by atoms with E-state index in [0.29, 0.717) is 0 Å². The van der Waals surface area contributed by atoms with Gasteiger partial charge in [-0.05, 0) is 67.3 Å². The maximum Gasteiger partial charge on any atom is 0.0536 e. The third-order valence-corrected chi connectivity index (χ3v) is 4.94. The Labute approximate surface area is 139 Å². The van der Waals surface area contributed by atoms with E-state index < -0.39 is 0 Å². The van der Waals surface area contributed by atoms with E-state index in [4.69, 9.17) is 28.9 Å². The minimum Gasteiger partial charge on any atom is -0.323 e. The van der Waals surface area contributed by atoms with E-state index >= 15 is 0 Å². The van der Waals surface area contributed by atoms with Crippen molar-refractivity contribution in [1.29, 1.82) is 0 Å². The molecular weight excluding hydrogens is 315 g/mol. The fraction of sp³-hybridized carbons (Fsp3) is 0.222. The molecule has 0 fully saturated rings. The van der Waals surface area contributed by atoms with Crippen LogP contribution in [0.1, 0.15) is 30.1 Å². The van der Waals surface area contributed by atoms with Gasteiger partial charge in [-0.15, -0.1) is 0 Å². The monoisotopic (exact) mass is 330 g/mol. The summed E-state index contributed by atoms with van der Waals surface area (Å²) in [7, 11) is 0. The molecule has 2 nitrogen and oxygen atoms in total. The molecule has 1 unspecified atom stereocenters. The maximum atomic E-state index is 6.44. The summed E-state index contributed by atoms with van der Waals surface area (Å²) < 4.78 is 2.27. The first-order valence-corrected chi connectivity index (χ1v) is 8.25. The highest BCUT2D eigenvalue weighted by molar-refractivity contribution is 6.31. The molecule has 0 amide bonds. The lowest BCUT2D eigenvalue weighted by atomic mass is 9.92. The Balaban J connectivity index is 2.08. The molecule has 4 rings (SSSR count). The second kappa shape index (κ2) is 5.31. The summed E-state index contributed by atoms with van der Waals surface area (Å²) in [6.07, 6.45) is 3.20. The largest absolute Gasteiger partial charge is 0.323 e. The Morgan fingerprint density at radius 3 is 2.50 bits per heavy atom. The smallest absolute Gasteiger partial charge is 0.0536 e. The number of aromatic nitrogens is 1. The first kappa shape index (κ1) is 14.1. The Morgan fingerprint density at radius 1 is 1.00 bits per heavy atom. The summed E-state index contributed by atoms with van der Waals surface area (Å²) >= 11 is 12.2. The number of hydrogen-bond donors (Lipinski definition) is 1. The van der Waals surface area contributed by atoms with Gasteiger partial charge in [0.15, 0.2) is 0 Å². The van der Waals surface area contributed by atoms with Crippen LogP contribution in [0, 0.1) is 0 Å². The van der Waals surface area contributed by atoms with Crippen molar-refractivity contribution in [2.24, 2.45) is 5.73 Å². The van der Waals surface area contributed by atoms with Crippen molar-refractivity contribution in [3.05, 3.63) is 63.8 Å². The van der Waals surface area contributed by atoms with Gasteiger partial charge < -0.3 is 10.3 Å². The molecule has 0 spiro atoms. The van der Waals surface area contributed by atoms with Gasteiger partial charge in [-0.25, -0.2) is 0 Å². The molecule has 3 aromatic rings. The molecule has 0 radical (unpaired) electrons. The number of nitrogens with zero attached hydrogens (tertiary/aromatic N) is 1. The Hall–Kier alpha value is -1.48. The van der Waals surface area contributed by atoms with Crippen LogP contribution in [0.25, 0.3) is 16.6 Å². The van der Waals surface area contributed by atoms with Gasteiger partial charge in [-0.2, -0.15) is 0 Å². The van der Waals surface area contributed by atoms with Crippen LogP contribution in [0.4, 0.5) is 0 Å². The van der Waals surface area contributed by atoms with E-state index in [0.717, 1.165) is 40.5 Å². The zero-order valence-corrected chi connectivity index (χ0v) is 13.5. The third kappa shape index (κ3) is 2.14. The molecule has 0 bridgehead atoms. The van der Waals surface area contributed by atoms with Gasteiger partial charge in [0, 0.05) is 32.9 Å². The molecule has 0 aliphatic heterocycles. The lowest BCUT2D eigenvalue weighted by Gasteiger charge is -2.22. The molecule has 1 heterocycles. The van der Waals surface area contributed by atoms with Crippen LogP contribution in [0.3, 0.4) is 0 Å². The standard InChI is InChI=1S/C18H16Cl2N2/c19-11-4-7-13(8-5-11)22-17-9-6-12(20)10-15(17)14-2-1-3-16(21)18(14)22/h4-10,16H,1-3,21H2. The Morgan fingerprint density at radius 2 is 1.73 bits per heavy atom. The minimum atomic E-state index is 0.0607. The molecular formula is C18H16Cl2N2. The van der Waals surface area contributed by atoms with Crippen molar-refractivity contribution < 1.29 is 0 Å². The lowest BCUT2D eigenvalue weighted by molar-refractivity contribution is 0.552. The molecule has 1 aliphatic carbocycles. The minimum absolute atomic E-state index is 0.0607. The average molecular weight is 331 g/mol. The van der Waals surface area contributed by atoms with Gasteiger partial charge in [0.1, 0.15) is 0 Å². The zero-order valence-electron chi connectivity index (χ0n) is 12.0. The molecule has 22 heavy (non-hydrogen) atoms. The van der Waals surface area contributed by atoms with Crippen LogP contribution in [0.15, 0.2) is 42.5 Å². The number of halogens is 2. The number of nitrogens with two attached hydrogens (primary N) is 1. The molecule has 2 aromatic carbocycles. The number of fused-ring (bicyclic) bond motifs is 3. The summed E-state index contributed by atoms with van der Waals surface area (Å²) in [6.45, 7) is 0. The van der Waals surface area contributed by atoms with Gasteiger partial charge in [0.05, 0.1) is 5.52 Å². The van der Waals surface area contributed by atoms with Gasteiger partial charge in [-0.1, -0.05) is 23.2 Å². The molecule has 4 heteroatoms. The highest BCUT2D eigenvalue weighted by atomic mass is 35.5. The first-order chi connectivity index (χ1) is 10.6. The fourth-order valence-corrected chi connectivity index (χ4v) is 3.80. The highest BCUT2D eigenvalue weighted by Gasteiger charge is 2.26. The third-order valence-electron chi connectivity index (χ3n) is 4.45. The summed E-state index contributed by atoms with van der Waals surface area (Å²) in [5.74, 6) is 0. The van der Waals surface area contributed by atoms with Crippen molar-refractivity contribution in [2.45, 2.75) is 25.3 Å². The van der Waals surface area contributed by atoms with Gasteiger partial charge in [0.2, 0.25) is 0 Å². The molecule has 0 saturated carbocycles. The van der Waals surface area contributed by atoms with Gasteiger partial charge >= 0.3 is 0 Å². The Bertz CT molecular complexity index is 850. The summed E-state index contributed by atoms with van der Waals surface area (Å²) in [4.78, 5) is 0. The van der Waals surface area contributed by atoms with E-state index in [1.165, 1.54) is 16.6 Å². The number of hydrogen-bond acceptors (Lipinski definition) is 1. The van der Waals surface area contributed by atoms with E-state index in [1.807, 2.05) is 30.3 Å². The van der Waals surface area contributed by atoms with Crippen molar-refractivity contribution in [2.75, 3.05) is 0 Å². The predicted octanol–water partition coefficient (Wildman–Crippen LogP) is 5.27. The summed E-state index contributed by atoms with van der Waals surface area (Å²) in [5, 5.41) is 2.72. The first-order valence-electron chi connectivity index (χ1n) is 7.49. The Kier molecular flexibility index (Phi) is 3.41. The van der Waals surface area contributed by atoms with Crippen LogP contribution >= 0.6 is 23.2 Å². The molecule has 2 N–H and O–H groups in total. The van der Waals surface area contributed by atoms with Crippen LogP contribution < -0.4 is 5.73 Å². The second-order valence-electron chi connectivity index (χ2n) is 5.84. The van der Waals surface area contributed by atoms with Crippen molar-refractivity contribution in [1.82, 2.24) is 4.57 Å². The van der Waals surface area contributed by atoms with Crippen molar-refractivity contribution >= 4 is 34.1 Å². The summed E-state index contributed by atoms with van der Waals surface area (Å²) in [6, 6.07) is 14.0. The van der Waals surface area contributed by atoms with E-state index in [9.17, 15) is 0 Å². The molecule has 1 aliphatic rings. The SMILES string of the molecule is NC1CCCc2c1n(-c1ccc(Cl)cc1)c1ccc(Cl)cc21. The number of benzene rings is 2. The zero-order chi connectivity index (χ0) is 15.3. The number of aryl methyl sites for hydroxylation is 1. The lowest BCUT2D eigenvalue weighted by Crippen LogP contribution is -2.20. The normalized spacial score (nSPS) is 17.7. The molecule has 112 valence electrons. The van der Waals surface area contributed by atoms with Crippen LogP contribution in [0.2, 0.25) is 10.0 Å². The second-order valence-corrected chi connectivity index (χ2v) is 6.71. The van der Waals surface area contributed by atoms with Crippen LogP contribution in [-0.2, 0) is 6.42 Å². The van der Waals surface area contributed by atoms with Crippen LogP contribution in [0.5, 0.6) is 0 Å². The molecule has 1 aromatic heterocycles. The molecule has 0 saturated heterocycles. The fourth-order valence-electron chi connectivity index (χ4n) is 3.50. The van der Waals surface area contributed by atoms with E-state index in [2.05, 4.69) is 16.7 Å². The number of rotatable bonds is 1. The maximum absolute atomic E-state index is 6.44. The van der Waals surface area contributed by atoms with Gasteiger partial charge in [0.25, 0.3) is 0 Å². The highest BCUT2D eigenvalue weighted by Crippen LogP contribution is 2.39. The average Bonchev–Trinajstić information content (AvgIpc) is 2.83. The quantitative estimate of drug-likeness (QED) is 0.647. The van der Waals surface area contributed by atoms with E-state index in [1.54, 1.807) is 0 Å². The molecule has 1 atom stereocenters. The van der Waals surface area contributed by atoms with Gasteiger partial charge in [-0.3, -0.25) is 0 Å². The summed E-state index contributed by atoms with van der Waals surface area (Å²) in [5.41, 5.74) is 11.2. The topological polar surface area (TPSA) is 30.9 Å². The predicted molar refractivity (Wildman–Crippen MR) is 93.2 cm³/mol. The van der Waals surface area contributed by atoms with E-state index in [-0.39, 0.29) is 6.04 Å².